The Morgan fingerprint density at radius 3 is 2.38 bits per heavy atom. The number of hydrogen-bond acceptors (Lipinski definition) is 5. The molecule has 3 aromatic rings. The topological polar surface area (TPSA) is 72.5 Å². The number of thiazole rings is 1. The van der Waals surface area contributed by atoms with Gasteiger partial charge in [-0.3, -0.25) is 5.32 Å². The van der Waals surface area contributed by atoms with Gasteiger partial charge in [-0.05, 0) is 38.1 Å². The number of para-hydroxylation sites is 4. The van der Waals surface area contributed by atoms with E-state index in [-0.39, 0.29) is 12.1 Å². The van der Waals surface area contributed by atoms with Crippen molar-refractivity contribution in [1.29, 1.82) is 0 Å². The largest absolute Gasteiger partial charge is 0.487 e. The van der Waals surface area contributed by atoms with Crippen LogP contribution in [0.3, 0.4) is 0 Å². The molecule has 2 N–H and O–H groups in total. The molecule has 6 nitrogen and oxygen atoms in total. The summed E-state index contributed by atoms with van der Waals surface area (Å²) in [5.41, 5.74) is 0.543. The summed E-state index contributed by atoms with van der Waals surface area (Å²) in [6.45, 7) is 3.91. The van der Waals surface area contributed by atoms with Crippen molar-refractivity contribution in [2.75, 3.05) is 10.6 Å². The summed E-state index contributed by atoms with van der Waals surface area (Å²) in [5.74, 6) is 1.74. The lowest BCUT2D eigenvalue weighted by molar-refractivity contribution is 0.233. The fraction of sp³-hybridized carbons (Fsp3) is 0.158. The second-order valence-electron chi connectivity index (χ2n) is 5.63. The van der Waals surface area contributed by atoms with Crippen LogP contribution < -0.4 is 20.1 Å². The number of carbonyl (C=O) groups is 1. The van der Waals surface area contributed by atoms with Crippen molar-refractivity contribution in [3.05, 3.63) is 60.1 Å². The third-order valence-corrected chi connectivity index (χ3v) is 3.91. The zero-order valence-electron chi connectivity index (χ0n) is 14.4. The van der Waals surface area contributed by atoms with Crippen LogP contribution in [0.25, 0.3) is 0 Å². The van der Waals surface area contributed by atoms with Crippen molar-refractivity contribution in [2.24, 2.45) is 0 Å². The highest BCUT2D eigenvalue weighted by Crippen LogP contribution is 2.35. The minimum absolute atomic E-state index is 0.0252. The molecule has 26 heavy (non-hydrogen) atoms. The maximum Gasteiger partial charge on any atom is 0.325 e. The van der Waals surface area contributed by atoms with Crippen LogP contribution in [0, 0.1) is 0 Å². The van der Waals surface area contributed by atoms with Gasteiger partial charge in [0.1, 0.15) is 0 Å². The predicted molar refractivity (Wildman–Crippen MR) is 103 cm³/mol. The molecule has 0 atom stereocenters. The van der Waals surface area contributed by atoms with E-state index < -0.39 is 0 Å². The molecular formula is C19H19N3O3S. The van der Waals surface area contributed by atoms with E-state index in [0.717, 1.165) is 0 Å². The molecule has 0 fully saturated rings. The van der Waals surface area contributed by atoms with Crippen LogP contribution in [-0.4, -0.2) is 17.1 Å². The Bertz CT molecular complexity index is 866. The Kier molecular flexibility index (Phi) is 5.70. The van der Waals surface area contributed by atoms with Crippen LogP contribution in [-0.2, 0) is 0 Å². The molecule has 2 amide bonds. The number of nitrogens with zero attached hydrogens (tertiary/aromatic N) is 1. The minimum Gasteiger partial charge on any atom is -0.487 e. The molecule has 0 radical (unpaired) electrons. The SMILES string of the molecule is CC(C)Oc1ccccc1Oc1ccccc1NC(=O)Nc1nccs1. The van der Waals surface area contributed by atoms with E-state index in [4.69, 9.17) is 9.47 Å². The monoisotopic (exact) mass is 369 g/mol. The first-order valence-corrected chi connectivity index (χ1v) is 9.00. The summed E-state index contributed by atoms with van der Waals surface area (Å²) in [5, 5.41) is 7.77. The van der Waals surface area contributed by atoms with Gasteiger partial charge in [0.15, 0.2) is 22.4 Å². The number of ether oxygens (including phenoxy) is 2. The van der Waals surface area contributed by atoms with Gasteiger partial charge in [0.05, 0.1) is 11.8 Å². The van der Waals surface area contributed by atoms with Gasteiger partial charge in [0, 0.05) is 11.6 Å². The summed E-state index contributed by atoms with van der Waals surface area (Å²) >= 11 is 1.35. The number of amides is 2. The van der Waals surface area contributed by atoms with Crippen molar-refractivity contribution < 1.29 is 14.3 Å². The molecular weight excluding hydrogens is 350 g/mol. The molecule has 0 aliphatic carbocycles. The van der Waals surface area contributed by atoms with Crippen LogP contribution in [0.4, 0.5) is 15.6 Å². The van der Waals surface area contributed by atoms with Gasteiger partial charge >= 0.3 is 6.03 Å². The van der Waals surface area contributed by atoms with Crippen LogP contribution in [0.2, 0.25) is 0 Å². The molecule has 0 spiro atoms. The van der Waals surface area contributed by atoms with Crippen molar-refractivity contribution in [1.82, 2.24) is 4.98 Å². The van der Waals surface area contributed by atoms with Crippen LogP contribution in [0.15, 0.2) is 60.1 Å². The van der Waals surface area contributed by atoms with Gasteiger partial charge in [-0.1, -0.05) is 24.3 Å². The predicted octanol–water partition coefficient (Wildman–Crippen LogP) is 5.37. The van der Waals surface area contributed by atoms with Gasteiger partial charge in [-0.2, -0.15) is 0 Å². The number of carbonyl (C=O) groups excluding carboxylic acids is 1. The molecule has 7 heteroatoms. The van der Waals surface area contributed by atoms with Crippen molar-refractivity contribution >= 4 is 28.2 Å². The zero-order valence-corrected chi connectivity index (χ0v) is 15.2. The number of nitrogens with one attached hydrogen (secondary N) is 2. The minimum atomic E-state index is -0.386. The van der Waals surface area contributed by atoms with Crippen LogP contribution in [0.1, 0.15) is 13.8 Å². The molecule has 0 aliphatic heterocycles. The number of urea groups is 1. The first-order chi connectivity index (χ1) is 12.6. The Hall–Kier alpha value is -3.06. The number of anilines is 2. The lowest BCUT2D eigenvalue weighted by Crippen LogP contribution is -2.19. The smallest absolute Gasteiger partial charge is 0.325 e. The number of rotatable bonds is 6. The molecule has 0 unspecified atom stereocenters. The maximum absolute atomic E-state index is 12.2. The molecule has 2 aromatic carbocycles. The Morgan fingerprint density at radius 1 is 1.00 bits per heavy atom. The van der Waals surface area contributed by atoms with E-state index in [2.05, 4.69) is 15.6 Å². The highest BCUT2D eigenvalue weighted by atomic mass is 32.1. The van der Waals surface area contributed by atoms with E-state index in [1.54, 1.807) is 23.7 Å². The van der Waals surface area contributed by atoms with E-state index in [9.17, 15) is 4.79 Å². The molecule has 0 aliphatic rings. The standard InChI is InChI=1S/C19H19N3O3S/c1-13(2)24-16-9-5-6-10-17(16)25-15-8-4-3-7-14(15)21-18(23)22-19-20-11-12-26-19/h3-13H,1-2H3,(H2,20,21,22,23). The number of aromatic nitrogens is 1. The highest BCUT2D eigenvalue weighted by molar-refractivity contribution is 7.13. The summed E-state index contributed by atoms with van der Waals surface area (Å²) < 4.78 is 11.8. The normalized spacial score (nSPS) is 10.4. The van der Waals surface area contributed by atoms with Crippen molar-refractivity contribution in [3.63, 3.8) is 0 Å². The molecule has 134 valence electrons. The molecule has 1 heterocycles. The molecule has 0 bridgehead atoms. The summed E-state index contributed by atoms with van der Waals surface area (Å²) in [6, 6.07) is 14.2. The fourth-order valence-corrected chi connectivity index (χ4v) is 2.72. The van der Waals surface area contributed by atoms with Gasteiger partial charge < -0.3 is 14.8 Å². The summed E-state index contributed by atoms with van der Waals surface area (Å²) in [6.07, 6.45) is 1.65. The molecule has 0 saturated carbocycles. The van der Waals surface area contributed by atoms with E-state index in [1.807, 2.05) is 50.2 Å². The Morgan fingerprint density at radius 2 is 1.69 bits per heavy atom. The molecule has 1 aromatic heterocycles. The van der Waals surface area contributed by atoms with E-state index in [1.165, 1.54) is 11.3 Å². The van der Waals surface area contributed by atoms with Crippen molar-refractivity contribution in [2.45, 2.75) is 20.0 Å². The fourth-order valence-electron chi connectivity index (χ4n) is 2.20. The third kappa shape index (κ3) is 4.73. The van der Waals surface area contributed by atoms with E-state index in [0.29, 0.717) is 28.1 Å². The lowest BCUT2D eigenvalue weighted by Gasteiger charge is -2.16. The van der Waals surface area contributed by atoms with Gasteiger partial charge in [-0.15, -0.1) is 11.3 Å². The zero-order chi connectivity index (χ0) is 18.4. The summed E-state index contributed by atoms with van der Waals surface area (Å²) in [7, 11) is 0. The average molecular weight is 369 g/mol. The summed E-state index contributed by atoms with van der Waals surface area (Å²) in [4.78, 5) is 16.2. The number of hydrogen-bond donors (Lipinski definition) is 2. The number of benzene rings is 2. The second kappa shape index (κ2) is 8.35. The van der Waals surface area contributed by atoms with Gasteiger partial charge in [-0.25, -0.2) is 9.78 Å². The average Bonchev–Trinajstić information content (AvgIpc) is 3.10. The highest BCUT2D eigenvalue weighted by Gasteiger charge is 2.12. The first kappa shape index (κ1) is 17.8. The Balaban J connectivity index is 1.76. The molecule has 0 saturated heterocycles. The van der Waals surface area contributed by atoms with Crippen LogP contribution in [0.5, 0.6) is 17.2 Å². The lowest BCUT2D eigenvalue weighted by atomic mass is 10.2. The first-order valence-electron chi connectivity index (χ1n) is 8.12. The third-order valence-electron chi connectivity index (χ3n) is 3.22. The molecule has 3 rings (SSSR count). The van der Waals surface area contributed by atoms with Gasteiger partial charge in [0.2, 0.25) is 0 Å². The van der Waals surface area contributed by atoms with Gasteiger partial charge in [0.25, 0.3) is 0 Å². The Labute approximate surface area is 155 Å². The second-order valence-corrected chi connectivity index (χ2v) is 6.52. The van der Waals surface area contributed by atoms with Crippen molar-refractivity contribution in [3.8, 4) is 17.2 Å². The van der Waals surface area contributed by atoms with Crippen LogP contribution >= 0.6 is 11.3 Å². The van der Waals surface area contributed by atoms with E-state index >= 15 is 0 Å². The maximum atomic E-state index is 12.2. The quantitative estimate of drug-likeness (QED) is 0.613.